The molecule has 28 heavy (non-hydrogen) atoms. The summed E-state index contributed by atoms with van der Waals surface area (Å²) in [5, 5.41) is 3.02. The Morgan fingerprint density at radius 3 is 2.39 bits per heavy atom. The van der Waals surface area contributed by atoms with E-state index >= 15 is 0 Å². The third kappa shape index (κ3) is 3.71. The Morgan fingerprint density at radius 1 is 1.04 bits per heavy atom. The van der Waals surface area contributed by atoms with Gasteiger partial charge < -0.3 is 4.74 Å². The number of aryl methyl sites for hydroxylation is 1. The van der Waals surface area contributed by atoms with Crippen molar-refractivity contribution >= 4 is 64.4 Å². The lowest BCUT2D eigenvalue weighted by molar-refractivity contribution is -0.122. The van der Waals surface area contributed by atoms with Crippen molar-refractivity contribution in [3.8, 4) is 5.75 Å². The minimum absolute atomic E-state index is 0.212. The van der Waals surface area contributed by atoms with Crippen molar-refractivity contribution in [2.24, 2.45) is 0 Å². The maximum Gasteiger partial charge on any atom is 0.335 e. The van der Waals surface area contributed by atoms with Crippen molar-refractivity contribution in [1.29, 1.82) is 0 Å². The van der Waals surface area contributed by atoms with Gasteiger partial charge in [0, 0.05) is 15.6 Å². The molecule has 1 fully saturated rings. The van der Waals surface area contributed by atoms with Gasteiger partial charge in [-0.15, -0.1) is 0 Å². The zero-order valence-corrected chi connectivity index (χ0v) is 16.9. The Balaban J connectivity index is 2.10. The largest absolute Gasteiger partial charge is 0.495 e. The molecule has 0 spiro atoms. The van der Waals surface area contributed by atoms with Crippen LogP contribution in [0.25, 0.3) is 6.08 Å². The second-order valence-electron chi connectivity index (χ2n) is 5.90. The summed E-state index contributed by atoms with van der Waals surface area (Å²) in [5.74, 6) is -1.42. The molecule has 2 aromatic carbocycles. The van der Waals surface area contributed by atoms with E-state index in [1.807, 2.05) is 0 Å². The average molecular weight is 440 g/mol. The van der Waals surface area contributed by atoms with Gasteiger partial charge in [0.25, 0.3) is 11.8 Å². The molecule has 0 aromatic heterocycles. The fraction of sp³-hybridized carbons (Fsp3) is 0.105. The molecular weight excluding hydrogens is 427 g/mol. The van der Waals surface area contributed by atoms with Crippen molar-refractivity contribution in [1.82, 2.24) is 5.32 Å². The number of anilines is 1. The number of hydrogen-bond acceptors (Lipinski definition) is 4. The molecule has 1 saturated heterocycles. The molecule has 1 aliphatic heterocycles. The van der Waals surface area contributed by atoms with Crippen LogP contribution < -0.4 is 15.0 Å². The number of nitrogens with one attached hydrogen (secondary N) is 1. The van der Waals surface area contributed by atoms with Crippen LogP contribution in [0.15, 0.2) is 35.9 Å². The molecule has 0 radical (unpaired) electrons. The summed E-state index contributed by atoms with van der Waals surface area (Å²) in [4.78, 5) is 38.4. The highest BCUT2D eigenvalue weighted by molar-refractivity contribution is 6.40. The Kier molecular flexibility index (Phi) is 5.65. The highest BCUT2D eigenvalue weighted by atomic mass is 35.5. The molecule has 0 atom stereocenters. The number of carbonyl (C=O) groups is 3. The number of nitrogens with zero attached hydrogens (tertiary/aromatic N) is 1. The number of halogens is 3. The number of urea groups is 1. The number of amides is 4. The van der Waals surface area contributed by atoms with Crippen molar-refractivity contribution in [2.75, 3.05) is 12.0 Å². The van der Waals surface area contributed by atoms with Crippen LogP contribution in [0.1, 0.15) is 11.1 Å². The van der Waals surface area contributed by atoms with Crippen LogP contribution in [0.3, 0.4) is 0 Å². The van der Waals surface area contributed by atoms with Gasteiger partial charge >= 0.3 is 6.03 Å². The van der Waals surface area contributed by atoms with Crippen molar-refractivity contribution < 1.29 is 19.1 Å². The van der Waals surface area contributed by atoms with Crippen molar-refractivity contribution in [3.63, 3.8) is 0 Å². The van der Waals surface area contributed by atoms with Crippen LogP contribution in [0.2, 0.25) is 15.1 Å². The number of carbonyl (C=O) groups excluding carboxylic acids is 3. The maximum atomic E-state index is 12.9. The van der Waals surface area contributed by atoms with Gasteiger partial charge in [0.05, 0.1) is 17.8 Å². The number of rotatable bonds is 3. The van der Waals surface area contributed by atoms with E-state index in [1.54, 1.807) is 19.1 Å². The summed E-state index contributed by atoms with van der Waals surface area (Å²) in [5.41, 5.74) is 1.04. The highest BCUT2D eigenvalue weighted by Crippen LogP contribution is 2.34. The molecule has 0 bridgehead atoms. The number of hydrogen-bond donors (Lipinski definition) is 1. The molecule has 0 aliphatic carbocycles. The van der Waals surface area contributed by atoms with Crippen LogP contribution in [0, 0.1) is 6.92 Å². The third-order valence-electron chi connectivity index (χ3n) is 4.06. The SMILES string of the molecule is COc1c(Cl)cc(Cl)cc1/C=C1\C(=O)NC(=O)N(c2ccc(C)c(Cl)c2)C1=O. The number of ether oxygens (including phenoxy) is 1. The quantitative estimate of drug-likeness (QED) is 0.559. The van der Waals surface area contributed by atoms with E-state index in [-0.39, 0.29) is 22.0 Å². The zero-order valence-electron chi connectivity index (χ0n) is 14.7. The predicted molar refractivity (Wildman–Crippen MR) is 108 cm³/mol. The lowest BCUT2D eigenvalue weighted by Gasteiger charge is -2.26. The van der Waals surface area contributed by atoms with Crippen LogP contribution in [-0.4, -0.2) is 25.0 Å². The highest BCUT2D eigenvalue weighted by Gasteiger charge is 2.37. The summed E-state index contributed by atoms with van der Waals surface area (Å²) >= 11 is 18.2. The fourth-order valence-corrected chi connectivity index (χ4v) is 3.43. The van der Waals surface area contributed by atoms with Gasteiger partial charge in [-0.05, 0) is 42.8 Å². The maximum absolute atomic E-state index is 12.9. The van der Waals surface area contributed by atoms with Gasteiger partial charge in [0.2, 0.25) is 0 Å². The van der Waals surface area contributed by atoms with Gasteiger partial charge in [-0.25, -0.2) is 9.69 Å². The van der Waals surface area contributed by atoms with Gasteiger partial charge in [-0.1, -0.05) is 40.9 Å². The summed E-state index contributed by atoms with van der Waals surface area (Å²) in [6.07, 6.45) is 1.27. The molecule has 144 valence electrons. The first-order chi connectivity index (χ1) is 13.2. The van der Waals surface area contributed by atoms with E-state index in [0.29, 0.717) is 15.6 Å². The molecular formula is C19H13Cl3N2O4. The second kappa shape index (κ2) is 7.83. The second-order valence-corrected chi connectivity index (χ2v) is 7.15. The Morgan fingerprint density at radius 2 is 1.75 bits per heavy atom. The zero-order chi connectivity index (χ0) is 20.6. The first-order valence-corrected chi connectivity index (χ1v) is 9.07. The van der Waals surface area contributed by atoms with E-state index in [0.717, 1.165) is 10.5 Å². The molecule has 1 aliphatic rings. The Hall–Kier alpha value is -2.54. The standard InChI is InChI=1S/C19H13Cl3N2O4/c1-9-3-4-12(8-14(9)21)24-18(26)13(17(25)23-19(24)27)6-10-5-11(20)7-15(22)16(10)28-2/h3-8H,1-2H3,(H,23,25,27)/b13-6+. The molecule has 3 rings (SSSR count). The van der Waals surface area contributed by atoms with Gasteiger partial charge in [0.15, 0.2) is 0 Å². The Bertz CT molecular complexity index is 1050. The van der Waals surface area contributed by atoms with E-state index in [2.05, 4.69) is 5.32 Å². The minimum atomic E-state index is -0.872. The summed E-state index contributed by atoms with van der Waals surface area (Å²) in [6, 6.07) is 6.78. The third-order valence-corrected chi connectivity index (χ3v) is 4.96. The first kappa shape index (κ1) is 20.2. The summed E-state index contributed by atoms with van der Waals surface area (Å²) in [6.45, 7) is 1.79. The average Bonchev–Trinajstić information content (AvgIpc) is 2.61. The molecule has 1 heterocycles. The summed E-state index contributed by atoms with van der Waals surface area (Å²) < 4.78 is 5.23. The Labute approximate surface area is 175 Å². The van der Waals surface area contributed by atoms with E-state index in [4.69, 9.17) is 39.5 Å². The molecule has 4 amide bonds. The fourth-order valence-electron chi connectivity index (χ4n) is 2.67. The monoisotopic (exact) mass is 438 g/mol. The molecule has 1 N–H and O–H groups in total. The predicted octanol–water partition coefficient (Wildman–Crippen LogP) is 4.63. The smallest absolute Gasteiger partial charge is 0.335 e. The molecule has 0 unspecified atom stereocenters. The lowest BCUT2D eigenvalue weighted by Crippen LogP contribution is -2.54. The lowest BCUT2D eigenvalue weighted by atomic mass is 10.1. The first-order valence-electron chi connectivity index (χ1n) is 7.93. The van der Waals surface area contributed by atoms with Crippen molar-refractivity contribution in [3.05, 3.63) is 62.1 Å². The van der Waals surface area contributed by atoms with Crippen LogP contribution >= 0.6 is 34.8 Å². The van der Waals surface area contributed by atoms with Crippen LogP contribution in [-0.2, 0) is 9.59 Å². The number of barbiturate groups is 1. The topological polar surface area (TPSA) is 75.7 Å². The summed E-state index contributed by atoms with van der Waals surface area (Å²) in [7, 11) is 1.39. The van der Waals surface area contributed by atoms with E-state index < -0.39 is 17.8 Å². The minimum Gasteiger partial charge on any atom is -0.495 e. The van der Waals surface area contributed by atoms with E-state index in [1.165, 1.54) is 31.4 Å². The molecule has 6 nitrogen and oxygen atoms in total. The number of imide groups is 2. The normalized spacial score (nSPS) is 15.8. The van der Waals surface area contributed by atoms with Gasteiger partial charge in [-0.3, -0.25) is 14.9 Å². The van der Waals surface area contributed by atoms with Crippen molar-refractivity contribution in [2.45, 2.75) is 6.92 Å². The van der Waals surface area contributed by atoms with Crippen LogP contribution in [0.4, 0.5) is 10.5 Å². The van der Waals surface area contributed by atoms with Crippen LogP contribution in [0.5, 0.6) is 5.75 Å². The number of methoxy groups -OCH3 is 1. The van der Waals surface area contributed by atoms with Gasteiger partial charge in [0.1, 0.15) is 11.3 Å². The molecule has 0 saturated carbocycles. The number of benzene rings is 2. The van der Waals surface area contributed by atoms with E-state index in [9.17, 15) is 14.4 Å². The molecule has 9 heteroatoms. The molecule has 2 aromatic rings. The van der Waals surface area contributed by atoms with Gasteiger partial charge in [-0.2, -0.15) is 0 Å².